The van der Waals surface area contributed by atoms with Gasteiger partial charge in [-0.05, 0) is 37.5 Å². The maximum atomic E-state index is 12.1. The second kappa shape index (κ2) is 9.39. The molecule has 0 bridgehead atoms. The minimum absolute atomic E-state index is 0.301. The van der Waals surface area contributed by atoms with Crippen LogP contribution in [0.25, 0.3) is 11.5 Å². The monoisotopic (exact) mass is 365 g/mol. The Morgan fingerprint density at radius 2 is 1.73 bits per heavy atom. The Kier molecular flexibility index (Phi) is 6.67. The van der Waals surface area contributed by atoms with Gasteiger partial charge in [0.1, 0.15) is 11.5 Å². The second-order valence-electron chi connectivity index (χ2n) is 6.26. The van der Waals surface area contributed by atoms with Crippen LogP contribution >= 0.6 is 11.8 Å². The van der Waals surface area contributed by atoms with Gasteiger partial charge in [-0.3, -0.25) is 4.79 Å². The van der Waals surface area contributed by atoms with Gasteiger partial charge in [0.2, 0.25) is 5.89 Å². The Balaban J connectivity index is 1.42. The first kappa shape index (κ1) is 18.5. The van der Waals surface area contributed by atoms with E-state index < -0.39 is 0 Å². The van der Waals surface area contributed by atoms with Crippen molar-refractivity contribution in [2.24, 2.45) is 0 Å². The van der Waals surface area contributed by atoms with Gasteiger partial charge in [-0.25, -0.2) is 4.98 Å². The second-order valence-corrected chi connectivity index (χ2v) is 7.24. The summed E-state index contributed by atoms with van der Waals surface area (Å²) in [5, 5.41) is 0. The molecule has 2 aromatic carbocycles. The summed E-state index contributed by atoms with van der Waals surface area (Å²) in [4.78, 5) is 16.7. The first-order valence-corrected chi connectivity index (χ1v) is 10.0. The summed E-state index contributed by atoms with van der Waals surface area (Å²) in [6.07, 6.45) is 2.50. The average Bonchev–Trinajstić information content (AvgIpc) is 3.04. The normalized spacial score (nSPS) is 10.8. The van der Waals surface area contributed by atoms with E-state index in [4.69, 9.17) is 4.42 Å². The molecule has 26 heavy (non-hydrogen) atoms. The van der Waals surface area contributed by atoms with E-state index in [1.165, 1.54) is 5.56 Å². The van der Waals surface area contributed by atoms with E-state index in [0.29, 0.717) is 29.6 Å². The number of thioether (sulfide) groups is 1. The fraction of sp³-hybridized carbons (Fsp3) is 0.273. The van der Waals surface area contributed by atoms with Crippen molar-refractivity contribution in [1.29, 1.82) is 0 Å². The van der Waals surface area contributed by atoms with E-state index in [-0.39, 0.29) is 0 Å². The molecule has 3 aromatic rings. The Labute approximate surface area is 158 Å². The highest BCUT2D eigenvalue weighted by Crippen LogP contribution is 2.24. The fourth-order valence-electron chi connectivity index (χ4n) is 2.73. The summed E-state index contributed by atoms with van der Waals surface area (Å²) in [6.45, 7) is 1.93. The lowest BCUT2D eigenvalue weighted by Gasteiger charge is -2.02. The predicted molar refractivity (Wildman–Crippen MR) is 107 cm³/mol. The van der Waals surface area contributed by atoms with Crippen LogP contribution < -0.4 is 0 Å². The van der Waals surface area contributed by atoms with Gasteiger partial charge in [0.15, 0.2) is 0 Å². The standard InChI is InChI=1S/C22H23NO2S/c1-17-21(23-22(25-17)19-12-6-3-7-13-19)16-26-15-20(24)14-8-11-18-9-4-2-5-10-18/h2-7,9-10,12-13H,8,11,14-16H2,1H3. The third-order valence-electron chi connectivity index (χ3n) is 4.18. The number of rotatable bonds is 9. The van der Waals surface area contributed by atoms with E-state index >= 15 is 0 Å². The van der Waals surface area contributed by atoms with E-state index in [1.807, 2.05) is 55.5 Å². The lowest BCUT2D eigenvalue weighted by molar-refractivity contribution is -0.116. The Morgan fingerprint density at radius 3 is 2.46 bits per heavy atom. The van der Waals surface area contributed by atoms with Crippen LogP contribution in [0.5, 0.6) is 0 Å². The van der Waals surface area contributed by atoms with Gasteiger partial charge >= 0.3 is 0 Å². The molecule has 3 rings (SSSR count). The van der Waals surface area contributed by atoms with Crippen molar-refractivity contribution >= 4 is 17.5 Å². The van der Waals surface area contributed by atoms with Crippen molar-refractivity contribution in [2.45, 2.75) is 31.9 Å². The number of carbonyl (C=O) groups excluding carboxylic acids is 1. The van der Waals surface area contributed by atoms with Gasteiger partial charge in [0.05, 0.1) is 11.4 Å². The van der Waals surface area contributed by atoms with Crippen LogP contribution in [-0.2, 0) is 17.0 Å². The van der Waals surface area contributed by atoms with Crippen molar-refractivity contribution in [3.63, 3.8) is 0 Å². The summed E-state index contributed by atoms with van der Waals surface area (Å²) >= 11 is 1.61. The molecule has 0 saturated heterocycles. The topological polar surface area (TPSA) is 43.1 Å². The zero-order valence-electron chi connectivity index (χ0n) is 15.0. The maximum Gasteiger partial charge on any atom is 0.226 e. The third-order valence-corrected chi connectivity index (χ3v) is 5.18. The van der Waals surface area contributed by atoms with Crippen molar-refractivity contribution in [3.05, 3.63) is 77.7 Å². The van der Waals surface area contributed by atoms with Gasteiger partial charge in [-0.1, -0.05) is 48.5 Å². The van der Waals surface area contributed by atoms with E-state index in [1.54, 1.807) is 11.8 Å². The molecule has 134 valence electrons. The highest BCUT2D eigenvalue weighted by Gasteiger charge is 2.12. The van der Waals surface area contributed by atoms with Gasteiger partial charge in [-0.15, -0.1) is 11.8 Å². The summed E-state index contributed by atoms with van der Waals surface area (Å²) < 4.78 is 5.76. The van der Waals surface area contributed by atoms with E-state index in [9.17, 15) is 4.79 Å². The van der Waals surface area contributed by atoms with E-state index in [0.717, 1.165) is 29.9 Å². The molecular formula is C22H23NO2S. The number of Topliss-reactive ketones (excluding diaryl/α,β-unsaturated/α-hetero) is 1. The molecular weight excluding hydrogens is 342 g/mol. The van der Waals surface area contributed by atoms with Gasteiger partial charge < -0.3 is 4.42 Å². The molecule has 0 aliphatic heterocycles. The molecule has 0 spiro atoms. The lowest BCUT2D eigenvalue weighted by Crippen LogP contribution is -2.02. The number of nitrogens with zero attached hydrogens (tertiary/aromatic N) is 1. The SMILES string of the molecule is Cc1oc(-c2ccccc2)nc1CSCC(=O)CCCc1ccccc1. The van der Waals surface area contributed by atoms with Crippen LogP contribution in [0.15, 0.2) is 65.1 Å². The van der Waals surface area contributed by atoms with Crippen molar-refractivity contribution < 1.29 is 9.21 Å². The maximum absolute atomic E-state index is 12.1. The first-order chi connectivity index (χ1) is 12.7. The predicted octanol–water partition coefficient (Wildman–Crippen LogP) is 5.48. The minimum atomic E-state index is 0.301. The number of hydrogen-bond acceptors (Lipinski definition) is 4. The zero-order chi connectivity index (χ0) is 18.2. The minimum Gasteiger partial charge on any atom is -0.441 e. The van der Waals surface area contributed by atoms with Gasteiger partial charge in [0, 0.05) is 17.7 Å². The van der Waals surface area contributed by atoms with Crippen LogP contribution in [0.4, 0.5) is 0 Å². The highest BCUT2D eigenvalue weighted by atomic mass is 32.2. The molecule has 0 aliphatic rings. The average molecular weight is 365 g/mol. The lowest BCUT2D eigenvalue weighted by atomic mass is 10.1. The molecule has 0 radical (unpaired) electrons. The molecule has 0 unspecified atom stereocenters. The smallest absolute Gasteiger partial charge is 0.226 e. The number of benzene rings is 2. The van der Waals surface area contributed by atoms with Crippen LogP contribution in [0, 0.1) is 6.92 Å². The number of carbonyl (C=O) groups is 1. The van der Waals surface area contributed by atoms with Crippen molar-refractivity contribution in [1.82, 2.24) is 4.98 Å². The number of hydrogen-bond donors (Lipinski definition) is 0. The molecule has 3 nitrogen and oxygen atoms in total. The van der Waals surface area contributed by atoms with Crippen molar-refractivity contribution in [3.8, 4) is 11.5 Å². The number of aromatic nitrogens is 1. The Morgan fingerprint density at radius 1 is 1.04 bits per heavy atom. The Bertz CT molecular complexity index is 828. The zero-order valence-corrected chi connectivity index (χ0v) is 15.8. The molecule has 1 aromatic heterocycles. The highest BCUT2D eigenvalue weighted by molar-refractivity contribution is 7.99. The molecule has 0 amide bonds. The van der Waals surface area contributed by atoms with Crippen molar-refractivity contribution in [2.75, 3.05) is 5.75 Å². The summed E-state index contributed by atoms with van der Waals surface area (Å²) in [6, 6.07) is 20.2. The van der Waals surface area contributed by atoms with Crippen LogP contribution in [0.3, 0.4) is 0 Å². The molecule has 4 heteroatoms. The van der Waals surface area contributed by atoms with Gasteiger partial charge in [0.25, 0.3) is 0 Å². The number of ketones is 1. The van der Waals surface area contributed by atoms with Crippen LogP contribution in [0.2, 0.25) is 0 Å². The first-order valence-electron chi connectivity index (χ1n) is 8.87. The summed E-state index contributed by atoms with van der Waals surface area (Å²) in [5.74, 6) is 3.00. The van der Waals surface area contributed by atoms with Gasteiger partial charge in [-0.2, -0.15) is 0 Å². The molecule has 0 saturated carbocycles. The Hall–Kier alpha value is -2.33. The summed E-state index contributed by atoms with van der Waals surface area (Å²) in [7, 11) is 0. The van der Waals surface area contributed by atoms with Crippen LogP contribution in [-0.4, -0.2) is 16.5 Å². The third kappa shape index (κ3) is 5.33. The number of aryl methyl sites for hydroxylation is 2. The quantitative estimate of drug-likeness (QED) is 0.504. The molecule has 0 atom stereocenters. The van der Waals surface area contributed by atoms with Crippen LogP contribution in [0.1, 0.15) is 29.9 Å². The number of oxazole rings is 1. The fourth-order valence-corrected chi connectivity index (χ4v) is 3.67. The molecule has 0 aliphatic carbocycles. The van der Waals surface area contributed by atoms with E-state index in [2.05, 4.69) is 17.1 Å². The molecule has 0 fully saturated rings. The largest absolute Gasteiger partial charge is 0.441 e. The molecule has 1 heterocycles. The summed E-state index contributed by atoms with van der Waals surface area (Å²) in [5.41, 5.74) is 3.19. The molecule has 0 N–H and O–H groups in total.